The number of carbonyl (C=O) groups is 1. The summed E-state index contributed by atoms with van der Waals surface area (Å²) in [5.41, 5.74) is 1.22. The first-order valence-electron chi connectivity index (χ1n) is 5.17. The zero-order valence-electron chi connectivity index (χ0n) is 9.22. The van der Waals surface area contributed by atoms with Gasteiger partial charge in [0, 0.05) is 10.6 Å². The van der Waals surface area contributed by atoms with Crippen molar-refractivity contribution < 1.29 is 15.0 Å². The molecular weight excluding hydrogens is 224 g/mol. The van der Waals surface area contributed by atoms with Gasteiger partial charge in [-0.25, -0.2) is 0 Å². The molecule has 1 aromatic carbocycles. The van der Waals surface area contributed by atoms with E-state index in [1.807, 2.05) is 31.2 Å². The number of carboxylic acids is 1. The number of aliphatic hydroxyl groups is 1. The van der Waals surface area contributed by atoms with Crippen molar-refractivity contribution >= 4 is 17.7 Å². The molecule has 0 saturated carbocycles. The molecule has 1 rings (SSSR count). The maximum atomic E-state index is 10.3. The van der Waals surface area contributed by atoms with Crippen LogP contribution in [0.25, 0.3) is 0 Å². The molecule has 3 nitrogen and oxygen atoms in total. The van der Waals surface area contributed by atoms with Crippen molar-refractivity contribution in [2.24, 2.45) is 0 Å². The molecule has 1 aromatic rings. The number of aliphatic hydroxyl groups excluding tert-OH is 1. The lowest BCUT2D eigenvalue weighted by molar-refractivity contribution is -0.139. The lowest BCUT2D eigenvalue weighted by Crippen LogP contribution is -2.13. The van der Waals surface area contributed by atoms with E-state index in [1.165, 1.54) is 5.56 Å². The topological polar surface area (TPSA) is 57.5 Å². The SMILES string of the molecule is Cc1ccc(SCCC(O)CC(=O)O)cc1. The lowest BCUT2D eigenvalue weighted by Gasteiger charge is -2.07. The van der Waals surface area contributed by atoms with Crippen molar-refractivity contribution in [2.45, 2.75) is 30.8 Å². The highest BCUT2D eigenvalue weighted by Gasteiger charge is 2.08. The summed E-state index contributed by atoms with van der Waals surface area (Å²) in [6, 6.07) is 8.14. The fourth-order valence-electron chi connectivity index (χ4n) is 1.25. The first-order chi connectivity index (χ1) is 7.58. The third-order valence-electron chi connectivity index (χ3n) is 2.15. The van der Waals surface area contributed by atoms with Crippen LogP contribution >= 0.6 is 11.8 Å². The van der Waals surface area contributed by atoms with Crippen molar-refractivity contribution in [3.8, 4) is 0 Å². The third-order valence-corrected chi connectivity index (χ3v) is 3.20. The van der Waals surface area contributed by atoms with Gasteiger partial charge in [0.15, 0.2) is 0 Å². The Morgan fingerprint density at radius 1 is 1.38 bits per heavy atom. The fraction of sp³-hybridized carbons (Fsp3) is 0.417. The molecule has 0 radical (unpaired) electrons. The van der Waals surface area contributed by atoms with Gasteiger partial charge in [-0.15, -0.1) is 11.8 Å². The summed E-state index contributed by atoms with van der Waals surface area (Å²) in [4.78, 5) is 11.5. The van der Waals surface area contributed by atoms with Crippen molar-refractivity contribution in [2.75, 3.05) is 5.75 Å². The molecule has 0 spiro atoms. The zero-order chi connectivity index (χ0) is 12.0. The Kier molecular flexibility index (Phi) is 5.35. The summed E-state index contributed by atoms with van der Waals surface area (Å²) in [6.45, 7) is 2.03. The van der Waals surface area contributed by atoms with Crippen LogP contribution in [-0.4, -0.2) is 28.0 Å². The minimum absolute atomic E-state index is 0.172. The molecule has 0 aliphatic heterocycles. The lowest BCUT2D eigenvalue weighted by atomic mass is 10.2. The number of rotatable bonds is 6. The van der Waals surface area contributed by atoms with Crippen LogP contribution in [-0.2, 0) is 4.79 Å². The highest BCUT2D eigenvalue weighted by atomic mass is 32.2. The van der Waals surface area contributed by atoms with Gasteiger partial charge < -0.3 is 10.2 Å². The van der Waals surface area contributed by atoms with Crippen LogP contribution in [0, 0.1) is 6.92 Å². The Labute approximate surface area is 99.5 Å². The molecule has 1 unspecified atom stereocenters. The van der Waals surface area contributed by atoms with E-state index in [1.54, 1.807) is 11.8 Å². The summed E-state index contributed by atoms with van der Waals surface area (Å²) in [7, 11) is 0. The van der Waals surface area contributed by atoms with E-state index in [9.17, 15) is 9.90 Å². The zero-order valence-corrected chi connectivity index (χ0v) is 10.0. The van der Waals surface area contributed by atoms with E-state index in [0.717, 1.165) is 10.6 Å². The minimum atomic E-state index is -0.951. The number of aliphatic carboxylic acids is 1. The summed E-state index contributed by atoms with van der Waals surface area (Å²) >= 11 is 1.63. The van der Waals surface area contributed by atoms with Crippen LogP contribution in [0.1, 0.15) is 18.4 Å². The Morgan fingerprint density at radius 3 is 2.56 bits per heavy atom. The van der Waals surface area contributed by atoms with E-state index in [4.69, 9.17) is 5.11 Å². The summed E-state index contributed by atoms with van der Waals surface area (Å²) in [6.07, 6.45) is -0.408. The van der Waals surface area contributed by atoms with Gasteiger partial charge >= 0.3 is 5.97 Å². The van der Waals surface area contributed by atoms with Gasteiger partial charge in [0.1, 0.15) is 0 Å². The molecule has 0 fully saturated rings. The van der Waals surface area contributed by atoms with Gasteiger partial charge in [0.2, 0.25) is 0 Å². The molecule has 4 heteroatoms. The summed E-state index contributed by atoms with van der Waals surface area (Å²) in [5, 5.41) is 17.8. The average molecular weight is 240 g/mol. The smallest absolute Gasteiger partial charge is 0.305 e. The van der Waals surface area contributed by atoms with Crippen LogP contribution < -0.4 is 0 Å². The second kappa shape index (κ2) is 6.55. The van der Waals surface area contributed by atoms with Gasteiger partial charge in [0.25, 0.3) is 0 Å². The normalized spacial score (nSPS) is 12.4. The molecular formula is C12H16O3S. The van der Waals surface area contributed by atoms with E-state index < -0.39 is 12.1 Å². The molecule has 0 bridgehead atoms. The van der Waals surface area contributed by atoms with Gasteiger partial charge in [0.05, 0.1) is 12.5 Å². The van der Waals surface area contributed by atoms with Crippen molar-refractivity contribution in [3.63, 3.8) is 0 Å². The van der Waals surface area contributed by atoms with Crippen LogP contribution in [0.15, 0.2) is 29.2 Å². The number of aryl methyl sites for hydroxylation is 1. The maximum absolute atomic E-state index is 10.3. The number of hydrogen-bond acceptors (Lipinski definition) is 3. The van der Waals surface area contributed by atoms with Gasteiger partial charge in [-0.3, -0.25) is 4.79 Å². The molecule has 0 heterocycles. The largest absolute Gasteiger partial charge is 0.481 e. The highest BCUT2D eigenvalue weighted by molar-refractivity contribution is 7.99. The van der Waals surface area contributed by atoms with Crippen molar-refractivity contribution in [1.82, 2.24) is 0 Å². The Balaban J connectivity index is 2.25. The van der Waals surface area contributed by atoms with Crippen LogP contribution in [0.5, 0.6) is 0 Å². The van der Waals surface area contributed by atoms with E-state index in [0.29, 0.717) is 6.42 Å². The number of thioether (sulfide) groups is 1. The molecule has 1 atom stereocenters. The van der Waals surface area contributed by atoms with Crippen LogP contribution in [0.3, 0.4) is 0 Å². The fourth-order valence-corrected chi connectivity index (χ4v) is 2.21. The van der Waals surface area contributed by atoms with E-state index in [-0.39, 0.29) is 6.42 Å². The predicted octanol–water partition coefficient (Wildman–Crippen LogP) is 2.31. The molecule has 0 aliphatic rings. The van der Waals surface area contributed by atoms with Gasteiger partial charge in [-0.05, 0) is 25.5 Å². The average Bonchev–Trinajstić information content (AvgIpc) is 2.20. The number of carboxylic acid groups (broad SMARTS) is 1. The molecule has 2 N–H and O–H groups in total. The second-order valence-corrected chi connectivity index (χ2v) is 4.87. The van der Waals surface area contributed by atoms with E-state index in [2.05, 4.69) is 0 Å². The van der Waals surface area contributed by atoms with Crippen molar-refractivity contribution in [1.29, 1.82) is 0 Å². The van der Waals surface area contributed by atoms with Crippen LogP contribution in [0.4, 0.5) is 0 Å². The molecule has 88 valence electrons. The molecule has 0 aromatic heterocycles. The number of hydrogen-bond donors (Lipinski definition) is 2. The minimum Gasteiger partial charge on any atom is -0.481 e. The van der Waals surface area contributed by atoms with Gasteiger partial charge in [-0.2, -0.15) is 0 Å². The Morgan fingerprint density at radius 2 is 2.00 bits per heavy atom. The second-order valence-electron chi connectivity index (χ2n) is 3.70. The summed E-state index contributed by atoms with van der Waals surface area (Å²) in [5.74, 6) is -0.217. The first-order valence-corrected chi connectivity index (χ1v) is 6.16. The highest BCUT2D eigenvalue weighted by Crippen LogP contribution is 2.19. The first kappa shape index (κ1) is 13.1. The third kappa shape index (κ3) is 5.19. The summed E-state index contributed by atoms with van der Waals surface area (Å²) < 4.78 is 0. The van der Waals surface area contributed by atoms with Crippen LogP contribution in [0.2, 0.25) is 0 Å². The predicted molar refractivity (Wildman–Crippen MR) is 64.8 cm³/mol. The number of benzene rings is 1. The Hall–Kier alpha value is -1.00. The molecule has 16 heavy (non-hydrogen) atoms. The Bertz CT molecular complexity index is 335. The molecule has 0 saturated heterocycles. The van der Waals surface area contributed by atoms with E-state index >= 15 is 0 Å². The maximum Gasteiger partial charge on any atom is 0.305 e. The molecule has 0 amide bonds. The molecule has 0 aliphatic carbocycles. The van der Waals surface area contributed by atoms with Gasteiger partial charge in [-0.1, -0.05) is 17.7 Å². The quantitative estimate of drug-likeness (QED) is 0.749. The standard InChI is InChI=1S/C12H16O3S/c1-9-2-4-11(5-3-9)16-7-6-10(13)8-12(14)15/h2-5,10,13H,6-8H2,1H3,(H,14,15). The monoisotopic (exact) mass is 240 g/mol. The van der Waals surface area contributed by atoms with Crippen molar-refractivity contribution in [3.05, 3.63) is 29.8 Å².